The fraction of sp³-hybridized carbons (Fsp3) is 0. The topological polar surface area (TPSA) is 90.7 Å². The second-order valence-corrected chi connectivity index (χ2v) is 3.35. The fourth-order valence-electron chi connectivity index (χ4n) is 1.44. The van der Waals surface area contributed by atoms with Crippen molar-refractivity contribution in [3.05, 3.63) is 36.2 Å². The van der Waals surface area contributed by atoms with Crippen LogP contribution in [0.1, 0.15) is 10.5 Å². The van der Waals surface area contributed by atoms with Gasteiger partial charge < -0.3 is 15.2 Å². The summed E-state index contributed by atoms with van der Waals surface area (Å²) in [6, 6.07) is 6.12. The Morgan fingerprint density at radius 3 is 2.56 bits per heavy atom. The summed E-state index contributed by atoms with van der Waals surface area (Å²) in [4.78, 5) is 14.5. The lowest BCUT2D eigenvalue weighted by molar-refractivity contribution is 0.0690. The number of aromatic carboxylic acids is 1. The first-order valence-electron chi connectivity index (χ1n) is 4.57. The highest BCUT2D eigenvalue weighted by Gasteiger charge is 2.12. The van der Waals surface area contributed by atoms with E-state index in [2.05, 4.69) is 4.98 Å². The molecule has 1 heterocycles. The zero-order valence-corrected chi connectivity index (χ0v) is 8.16. The summed E-state index contributed by atoms with van der Waals surface area (Å²) in [5, 5.41) is 28.1. The van der Waals surface area contributed by atoms with E-state index in [4.69, 9.17) is 15.2 Å². The predicted octanol–water partition coefficient (Wildman–Crippen LogP) is -0.387. The molecule has 1 aromatic carbocycles. The van der Waals surface area contributed by atoms with Crippen molar-refractivity contribution in [1.29, 1.82) is 0 Å². The van der Waals surface area contributed by atoms with E-state index in [1.807, 2.05) is 0 Å². The molecule has 0 fully saturated rings. The Kier molecular flexibility index (Phi) is 2.60. The molecule has 16 heavy (non-hydrogen) atoms. The largest absolute Gasteiger partial charge is 0.488 e. The zero-order chi connectivity index (χ0) is 11.7. The molecule has 1 aromatic heterocycles. The van der Waals surface area contributed by atoms with Gasteiger partial charge in [-0.2, -0.15) is 0 Å². The van der Waals surface area contributed by atoms with Gasteiger partial charge in [0.05, 0.1) is 0 Å². The smallest absolute Gasteiger partial charge is 0.477 e. The first-order valence-corrected chi connectivity index (χ1v) is 4.57. The van der Waals surface area contributed by atoms with E-state index >= 15 is 0 Å². The Morgan fingerprint density at radius 2 is 1.94 bits per heavy atom. The third-order valence-corrected chi connectivity index (χ3v) is 2.26. The average Bonchev–Trinajstić information content (AvgIpc) is 2.27. The zero-order valence-electron chi connectivity index (χ0n) is 8.16. The first-order chi connectivity index (χ1) is 7.58. The molecular formula is C10H8BNO4. The molecule has 0 aliphatic rings. The lowest BCUT2D eigenvalue weighted by atomic mass is 9.79. The molecule has 3 N–H and O–H groups in total. The number of nitrogens with zero attached hydrogens (tertiary/aromatic N) is 1. The van der Waals surface area contributed by atoms with Crippen LogP contribution in [0.2, 0.25) is 0 Å². The Hall–Kier alpha value is -1.92. The third-order valence-electron chi connectivity index (χ3n) is 2.26. The Bertz CT molecular complexity index is 556. The van der Waals surface area contributed by atoms with Crippen molar-refractivity contribution < 1.29 is 19.9 Å². The molecule has 80 valence electrons. The summed E-state index contributed by atoms with van der Waals surface area (Å²) >= 11 is 0. The minimum absolute atomic E-state index is 0.0721. The van der Waals surface area contributed by atoms with Gasteiger partial charge in [0, 0.05) is 11.6 Å². The maximum Gasteiger partial charge on any atom is 0.488 e. The number of benzene rings is 1. The molecule has 0 aliphatic heterocycles. The van der Waals surface area contributed by atoms with Crippen molar-refractivity contribution in [3.63, 3.8) is 0 Å². The van der Waals surface area contributed by atoms with Crippen LogP contribution in [-0.4, -0.2) is 33.2 Å². The molecule has 0 radical (unpaired) electrons. The van der Waals surface area contributed by atoms with Gasteiger partial charge in [-0.1, -0.05) is 18.2 Å². The number of fused-ring (bicyclic) bond motifs is 1. The van der Waals surface area contributed by atoms with Crippen LogP contribution in [0.5, 0.6) is 0 Å². The summed E-state index contributed by atoms with van der Waals surface area (Å²) in [7, 11) is -1.56. The first kappa shape index (κ1) is 10.6. The number of pyridine rings is 1. The molecule has 2 rings (SSSR count). The van der Waals surface area contributed by atoms with E-state index < -0.39 is 13.1 Å². The van der Waals surface area contributed by atoms with Gasteiger partial charge in [-0.25, -0.2) is 9.78 Å². The van der Waals surface area contributed by atoms with Crippen LogP contribution in [0.3, 0.4) is 0 Å². The van der Waals surface area contributed by atoms with Crippen molar-refractivity contribution in [2.24, 2.45) is 0 Å². The van der Waals surface area contributed by atoms with Crippen LogP contribution in [-0.2, 0) is 0 Å². The quantitative estimate of drug-likeness (QED) is 0.596. The van der Waals surface area contributed by atoms with Crippen molar-refractivity contribution in [1.82, 2.24) is 4.98 Å². The highest BCUT2D eigenvalue weighted by molar-refractivity contribution is 6.58. The van der Waals surface area contributed by atoms with Crippen LogP contribution in [0.25, 0.3) is 10.8 Å². The van der Waals surface area contributed by atoms with Crippen LogP contribution < -0.4 is 5.46 Å². The van der Waals surface area contributed by atoms with E-state index in [0.717, 1.165) is 5.39 Å². The maximum atomic E-state index is 10.7. The highest BCUT2D eigenvalue weighted by atomic mass is 16.4. The normalized spacial score (nSPS) is 10.4. The van der Waals surface area contributed by atoms with Gasteiger partial charge in [0.25, 0.3) is 0 Å². The molecule has 0 amide bonds. The minimum atomic E-state index is -1.56. The summed E-state index contributed by atoms with van der Waals surface area (Å²) < 4.78 is 0. The van der Waals surface area contributed by atoms with Crippen molar-refractivity contribution in [3.8, 4) is 0 Å². The molecule has 0 saturated heterocycles. The number of hydrogen-bond acceptors (Lipinski definition) is 4. The van der Waals surface area contributed by atoms with Gasteiger partial charge in [0.1, 0.15) is 5.69 Å². The fourth-order valence-corrected chi connectivity index (χ4v) is 1.44. The molecule has 0 atom stereocenters. The molecule has 0 unspecified atom stereocenters. The maximum absolute atomic E-state index is 10.7. The molecule has 0 spiro atoms. The number of carboxylic acids is 1. The van der Waals surface area contributed by atoms with E-state index in [1.54, 1.807) is 12.1 Å². The van der Waals surface area contributed by atoms with Crippen LogP contribution in [0, 0.1) is 0 Å². The van der Waals surface area contributed by atoms with Crippen molar-refractivity contribution in [2.45, 2.75) is 0 Å². The van der Waals surface area contributed by atoms with Gasteiger partial charge >= 0.3 is 13.1 Å². The van der Waals surface area contributed by atoms with Gasteiger partial charge in [0.15, 0.2) is 0 Å². The van der Waals surface area contributed by atoms with Crippen LogP contribution >= 0.6 is 0 Å². The SMILES string of the molecule is O=C(O)c1cc2cc(B(O)O)ccc2cn1. The summed E-state index contributed by atoms with van der Waals surface area (Å²) in [6.45, 7) is 0. The lowest BCUT2D eigenvalue weighted by Crippen LogP contribution is -2.29. The third kappa shape index (κ3) is 1.88. The predicted molar refractivity (Wildman–Crippen MR) is 58.5 cm³/mol. The molecule has 2 aromatic rings. The Balaban J connectivity index is 2.61. The van der Waals surface area contributed by atoms with Crippen LogP contribution in [0.15, 0.2) is 30.5 Å². The summed E-state index contributed by atoms with van der Waals surface area (Å²) in [5.41, 5.74) is 0.243. The minimum Gasteiger partial charge on any atom is -0.477 e. The van der Waals surface area contributed by atoms with Crippen molar-refractivity contribution in [2.75, 3.05) is 0 Å². The molecule has 0 aliphatic carbocycles. The van der Waals surface area contributed by atoms with E-state index in [9.17, 15) is 4.79 Å². The van der Waals surface area contributed by atoms with Gasteiger partial charge in [-0.05, 0) is 16.9 Å². The second-order valence-electron chi connectivity index (χ2n) is 3.35. The second kappa shape index (κ2) is 3.92. The lowest BCUT2D eigenvalue weighted by Gasteiger charge is -2.03. The van der Waals surface area contributed by atoms with Gasteiger partial charge in [0.2, 0.25) is 0 Å². The van der Waals surface area contributed by atoms with E-state index in [0.29, 0.717) is 10.8 Å². The number of hydrogen-bond donors (Lipinski definition) is 3. The molecular weight excluding hydrogens is 209 g/mol. The van der Waals surface area contributed by atoms with Crippen LogP contribution in [0.4, 0.5) is 0 Å². The average molecular weight is 217 g/mol. The highest BCUT2D eigenvalue weighted by Crippen LogP contribution is 2.12. The number of rotatable bonds is 2. The molecule has 6 heteroatoms. The Labute approximate surface area is 91.1 Å². The molecule has 0 saturated carbocycles. The van der Waals surface area contributed by atoms with Crippen molar-refractivity contribution >= 4 is 29.3 Å². The standard InChI is InChI=1S/C10H8BNO4/c13-10(14)9-4-7-3-8(11(15)16)2-1-6(7)5-12-9/h1-5,15-16H,(H,13,14). The molecule has 0 bridgehead atoms. The Morgan fingerprint density at radius 1 is 1.19 bits per heavy atom. The molecule has 5 nitrogen and oxygen atoms in total. The number of carbonyl (C=O) groups is 1. The van der Waals surface area contributed by atoms with Gasteiger partial charge in [-0.3, -0.25) is 0 Å². The monoisotopic (exact) mass is 217 g/mol. The number of carboxylic acid groups (broad SMARTS) is 1. The van der Waals surface area contributed by atoms with E-state index in [1.165, 1.54) is 18.3 Å². The van der Waals surface area contributed by atoms with Gasteiger partial charge in [-0.15, -0.1) is 0 Å². The van der Waals surface area contributed by atoms with E-state index in [-0.39, 0.29) is 5.69 Å². The summed E-state index contributed by atoms with van der Waals surface area (Å²) in [6.07, 6.45) is 1.44. The number of aromatic nitrogens is 1. The summed E-state index contributed by atoms with van der Waals surface area (Å²) in [5.74, 6) is -1.11.